The van der Waals surface area contributed by atoms with Crippen molar-refractivity contribution in [2.75, 3.05) is 6.54 Å². The molecule has 0 aromatic rings. The van der Waals surface area contributed by atoms with E-state index in [9.17, 15) is 4.79 Å². The minimum Gasteiger partial charge on any atom is -0.349 e. The molecule has 0 aliphatic heterocycles. The van der Waals surface area contributed by atoms with Gasteiger partial charge in [0.05, 0.1) is 5.54 Å². The Hall–Kier alpha value is -0.570. The van der Waals surface area contributed by atoms with Crippen LogP contribution >= 0.6 is 0 Å². The molecular weight excluding hydrogens is 248 g/mol. The summed E-state index contributed by atoms with van der Waals surface area (Å²) in [5.41, 5.74) is 6.21. The van der Waals surface area contributed by atoms with Gasteiger partial charge in [0.15, 0.2) is 0 Å². The maximum atomic E-state index is 12.5. The van der Waals surface area contributed by atoms with E-state index >= 15 is 0 Å². The van der Waals surface area contributed by atoms with E-state index in [-0.39, 0.29) is 17.4 Å². The number of amides is 1. The van der Waals surface area contributed by atoms with Crippen LogP contribution in [0.2, 0.25) is 0 Å². The van der Waals surface area contributed by atoms with Crippen LogP contribution in [-0.2, 0) is 4.79 Å². The molecule has 116 valence electrons. The van der Waals surface area contributed by atoms with Crippen LogP contribution in [0.1, 0.15) is 72.1 Å². The molecule has 20 heavy (non-hydrogen) atoms. The first kappa shape index (κ1) is 15.8. The monoisotopic (exact) mass is 280 g/mol. The van der Waals surface area contributed by atoms with Crippen molar-refractivity contribution in [2.45, 2.75) is 77.7 Å². The Morgan fingerprint density at radius 1 is 1.15 bits per heavy atom. The van der Waals surface area contributed by atoms with Gasteiger partial charge >= 0.3 is 0 Å². The Morgan fingerprint density at radius 3 is 2.15 bits per heavy atom. The molecule has 0 radical (unpaired) electrons. The van der Waals surface area contributed by atoms with Crippen molar-refractivity contribution < 1.29 is 4.79 Å². The highest BCUT2D eigenvalue weighted by Crippen LogP contribution is 2.40. The van der Waals surface area contributed by atoms with Crippen molar-refractivity contribution in [3.05, 3.63) is 0 Å². The van der Waals surface area contributed by atoms with E-state index in [4.69, 9.17) is 5.73 Å². The van der Waals surface area contributed by atoms with Crippen molar-refractivity contribution in [2.24, 2.45) is 23.0 Å². The van der Waals surface area contributed by atoms with Gasteiger partial charge in [0.25, 0.3) is 0 Å². The Kier molecular flexibility index (Phi) is 4.78. The van der Waals surface area contributed by atoms with Crippen LogP contribution in [0, 0.1) is 17.3 Å². The molecule has 2 saturated carbocycles. The first-order valence-electron chi connectivity index (χ1n) is 8.38. The average molecular weight is 280 g/mol. The molecule has 0 atom stereocenters. The van der Waals surface area contributed by atoms with Crippen LogP contribution in [0.25, 0.3) is 0 Å². The second-order valence-corrected chi connectivity index (χ2v) is 8.10. The van der Waals surface area contributed by atoms with Gasteiger partial charge in [-0.3, -0.25) is 4.79 Å². The van der Waals surface area contributed by atoms with E-state index in [0.717, 1.165) is 31.6 Å². The lowest BCUT2D eigenvalue weighted by Gasteiger charge is -2.38. The number of nitrogens with two attached hydrogens (primary N) is 1. The van der Waals surface area contributed by atoms with Crippen molar-refractivity contribution in [1.29, 1.82) is 0 Å². The number of nitrogens with one attached hydrogen (secondary N) is 1. The predicted octanol–water partition coefficient (Wildman–Crippen LogP) is 3.23. The second kappa shape index (κ2) is 6.05. The summed E-state index contributed by atoms with van der Waals surface area (Å²) in [5.74, 6) is 1.25. The lowest BCUT2D eigenvalue weighted by atomic mass is 9.69. The van der Waals surface area contributed by atoms with Gasteiger partial charge in [0.2, 0.25) is 5.91 Å². The van der Waals surface area contributed by atoms with E-state index in [0.29, 0.717) is 12.0 Å². The fraction of sp³-hybridized carbons (Fsp3) is 0.941. The summed E-state index contributed by atoms with van der Waals surface area (Å²) in [4.78, 5) is 12.5. The molecule has 0 aromatic carbocycles. The first-order chi connectivity index (χ1) is 9.36. The summed E-state index contributed by atoms with van der Waals surface area (Å²) in [6.45, 7) is 7.55. The number of carbonyl (C=O) groups is 1. The molecule has 0 bridgehead atoms. The highest BCUT2D eigenvalue weighted by molar-refractivity contribution is 5.79. The normalized spacial score (nSPS) is 30.2. The molecule has 0 saturated heterocycles. The van der Waals surface area contributed by atoms with Crippen molar-refractivity contribution in [3.63, 3.8) is 0 Å². The standard InChI is InChI=1S/C17H32N2O/c1-16(2,3)14-8-6-13(7-9-14)15(20)19-17(12-18)10-4-5-11-17/h13-14H,4-12,18H2,1-3H3,(H,19,20). The van der Waals surface area contributed by atoms with Gasteiger partial charge in [0, 0.05) is 12.5 Å². The van der Waals surface area contributed by atoms with Crippen molar-refractivity contribution in [1.82, 2.24) is 5.32 Å². The van der Waals surface area contributed by atoms with Crippen LogP contribution < -0.4 is 11.1 Å². The predicted molar refractivity (Wildman–Crippen MR) is 83.3 cm³/mol. The summed E-state index contributed by atoms with van der Waals surface area (Å²) in [6, 6.07) is 0. The Morgan fingerprint density at radius 2 is 1.70 bits per heavy atom. The van der Waals surface area contributed by atoms with E-state index < -0.39 is 0 Å². The first-order valence-corrected chi connectivity index (χ1v) is 8.38. The third-order valence-electron chi connectivity index (χ3n) is 5.66. The molecular formula is C17H32N2O. The molecule has 3 nitrogen and oxygen atoms in total. The molecule has 0 aromatic heterocycles. The van der Waals surface area contributed by atoms with Gasteiger partial charge < -0.3 is 11.1 Å². The summed E-state index contributed by atoms with van der Waals surface area (Å²) >= 11 is 0. The van der Waals surface area contributed by atoms with Gasteiger partial charge in [-0.2, -0.15) is 0 Å². The van der Waals surface area contributed by atoms with E-state index in [1.54, 1.807) is 0 Å². The molecule has 2 fully saturated rings. The van der Waals surface area contributed by atoms with Crippen LogP contribution in [0.3, 0.4) is 0 Å². The van der Waals surface area contributed by atoms with Gasteiger partial charge in [-0.15, -0.1) is 0 Å². The third kappa shape index (κ3) is 3.55. The Labute approximate surface area is 124 Å². The van der Waals surface area contributed by atoms with Crippen molar-refractivity contribution >= 4 is 5.91 Å². The smallest absolute Gasteiger partial charge is 0.223 e. The topological polar surface area (TPSA) is 55.1 Å². The number of rotatable bonds is 3. The molecule has 3 N–H and O–H groups in total. The summed E-state index contributed by atoms with van der Waals surface area (Å²) < 4.78 is 0. The van der Waals surface area contributed by atoms with Gasteiger partial charge in [-0.25, -0.2) is 0 Å². The summed E-state index contributed by atoms with van der Waals surface area (Å²) in [5, 5.41) is 3.30. The zero-order chi connectivity index (χ0) is 14.8. The van der Waals surface area contributed by atoms with Crippen LogP contribution in [0.15, 0.2) is 0 Å². The van der Waals surface area contributed by atoms with Gasteiger partial charge in [0.1, 0.15) is 0 Å². The average Bonchev–Trinajstić information content (AvgIpc) is 2.87. The molecule has 2 aliphatic rings. The molecule has 3 heteroatoms. The zero-order valence-corrected chi connectivity index (χ0v) is 13.5. The SMILES string of the molecule is CC(C)(C)C1CCC(C(=O)NC2(CN)CCCC2)CC1. The summed E-state index contributed by atoms with van der Waals surface area (Å²) in [6.07, 6.45) is 9.01. The Balaban J connectivity index is 1.86. The molecule has 0 unspecified atom stereocenters. The van der Waals surface area contributed by atoms with Crippen LogP contribution in [0.5, 0.6) is 0 Å². The lowest BCUT2D eigenvalue weighted by Crippen LogP contribution is -2.53. The lowest BCUT2D eigenvalue weighted by molar-refractivity contribution is -0.128. The molecule has 2 aliphatic carbocycles. The third-order valence-corrected chi connectivity index (χ3v) is 5.66. The minimum absolute atomic E-state index is 0.0854. The summed E-state index contributed by atoms with van der Waals surface area (Å²) in [7, 11) is 0. The minimum atomic E-state index is -0.0854. The fourth-order valence-electron chi connectivity index (χ4n) is 4.02. The van der Waals surface area contributed by atoms with Crippen LogP contribution in [0.4, 0.5) is 0 Å². The van der Waals surface area contributed by atoms with Crippen LogP contribution in [-0.4, -0.2) is 18.0 Å². The number of carbonyl (C=O) groups excluding carboxylic acids is 1. The molecule has 2 rings (SSSR count). The van der Waals surface area contributed by atoms with E-state index in [2.05, 4.69) is 26.1 Å². The van der Waals surface area contributed by atoms with Gasteiger partial charge in [-0.1, -0.05) is 33.6 Å². The van der Waals surface area contributed by atoms with Gasteiger partial charge in [-0.05, 0) is 49.9 Å². The van der Waals surface area contributed by atoms with E-state index in [1.807, 2.05) is 0 Å². The van der Waals surface area contributed by atoms with E-state index in [1.165, 1.54) is 25.7 Å². The molecule has 1 amide bonds. The number of hydrogen-bond acceptors (Lipinski definition) is 2. The number of hydrogen-bond donors (Lipinski definition) is 2. The maximum absolute atomic E-state index is 12.5. The maximum Gasteiger partial charge on any atom is 0.223 e. The van der Waals surface area contributed by atoms with Crippen molar-refractivity contribution in [3.8, 4) is 0 Å². The fourth-order valence-corrected chi connectivity index (χ4v) is 4.02. The Bertz CT molecular complexity index is 331. The second-order valence-electron chi connectivity index (χ2n) is 8.10. The zero-order valence-electron chi connectivity index (χ0n) is 13.5. The molecule has 0 spiro atoms. The quantitative estimate of drug-likeness (QED) is 0.834. The highest BCUT2D eigenvalue weighted by Gasteiger charge is 2.37. The largest absolute Gasteiger partial charge is 0.349 e. The molecule has 0 heterocycles. The highest BCUT2D eigenvalue weighted by atomic mass is 16.2.